The van der Waals surface area contributed by atoms with Gasteiger partial charge in [-0.2, -0.15) is 0 Å². The number of halogens is 2. The van der Waals surface area contributed by atoms with Gasteiger partial charge < -0.3 is 15.1 Å². The Morgan fingerprint density at radius 3 is 2.26 bits per heavy atom. The molecule has 1 unspecified atom stereocenters. The van der Waals surface area contributed by atoms with Crippen LogP contribution in [0, 0.1) is 11.6 Å². The van der Waals surface area contributed by atoms with E-state index in [4.69, 9.17) is 5.11 Å². The maximum absolute atomic E-state index is 13.0. The SMILES string of the molecule is CCCN(CCO)CCC(O)c1cc(F)cc(F)c1. The summed E-state index contributed by atoms with van der Waals surface area (Å²) >= 11 is 0. The highest BCUT2D eigenvalue weighted by Gasteiger charge is 2.12. The Bertz CT molecular complexity index is 361. The second-order valence-electron chi connectivity index (χ2n) is 4.57. The summed E-state index contributed by atoms with van der Waals surface area (Å²) in [4.78, 5) is 2.01. The zero-order chi connectivity index (χ0) is 14.3. The quantitative estimate of drug-likeness (QED) is 0.762. The molecule has 2 N–H and O–H groups in total. The van der Waals surface area contributed by atoms with Gasteiger partial charge in [0.2, 0.25) is 0 Å². The van der Waals surface area contributed by atoms with Crippen molar-refractivity contribution >= 4 is 0 Å². The van der Waals surface area contributed by atoms with E-state index in [1.165, 1.54) is 0 Å². The van der Waals surface area contributed by atoms with Crippen molar-refractivity contribution in [1.82, 2.24) is 4.90 Å². The molecule has 0 aliphatic carbocycles. The van der Waals surface area contributed by atoms with Crippen LogP contribution in [0.4, 0.5) is 8.78 Å². The van der Waals surface area contributed by atoms with Gasteiger partial charge >= 0.3 is 0 Å². The van der Waals surface area contributed by atoms with Gasteiger partial charge in [-0.25, -0.2) is 8.78 Å². The van der Waals surface area contributed by atoms with Crippen molar-refractivity contribution in [3.05, 3.63) is 35.4 Å². The predicted molar refractivity (Wildman–Crippen MR) is 69.8 cm³/mol. The van der Waals surface area contributed by atoms with Crippen LogP contribution in [-0.4, -0.2) is 41.4 Å². The van der Waals surface area contributed by atoms with E-state index in [9.17, 15) is 13.9 Å². The van der Waals surface area contributed by atoms with Gasteiger partial charge in [0.1, 0.15) is 11.6 Å². The highest BCUT2D eigenvalue weighted by molar-refractivity contribution is 5.20. The minimum Gasteiger partial charge on any atom is -0.395 e. The lowest BCUT2D eigenvalue weighted by atomic mass is 10.1. The third-order valence-corrected chi connectivity index (χ3v) is 2.94. The van der Waals surface area contributed by atoms with Gasteiger partial charge in [0.25, 0.3) is 0 Å². The Labute approximate surface area is 112 Å². The van der Waals surface area contributed by atoms with Crippen LogP contribution in [-0.2, 0) is 0 Å². The minimum absolute atomic E-state index is 0.0602. The fourth-order valence-electron chi connectivity index (χ4n) is 2.03. The summed E-state index contributed by atoms with van der Waals surface area (Å²) in [5, 5.41) is 18.8. The van der Waals surface area contributed by atoms with Crippen LogP contribution in [0.1, 0.15) is 31.4 Å². The number of hydrogen-bond acceptors (Lipinski definition) is 3. The van der Waals surface area contributed by atoms with E-state index in [1.54, 1.807) is 0 Å². The van der Waals surface area contributed by atoms with Crippen LogP contribution in [0.5, 0.6) is 0 Å². The summed E-state index contributed by atoms with van der Waals surface area (Å²) in [6.45, 7) is 4.03. The smallest absolute Gasteiger partial charge is 0.126 e. The van der Waals surface area contributed by atoms with Crippen LogP contribution in [0.3, 0.4) is 0 Å². The van der Waals surface area contributed by atoms with Crippen molar-refractivity contribution in [3.63, 3.8) is 0 Å². The first-order chi connectivity index (χ1) is 9.06. The van der Waals surface area contributed by atoms with Crippen molar-refractivity contribution < 1.29 is 19.0 Å². The summed E-state index contributed by atoms with van der Waals surface area (Å²) in [5.41, 5.74) is 0.248. The molecule has 0 aliphatic heterocycles. The third kappa shape index (κ3) is 5.63. The first-order valence-corrected chi connectivity index (χ1v) is 6.54. The molecule has 1 aromatic rings. The van der Waals surface area contributed by atoms with Crippen molar-refractivity contribution in [2.45, 2.75) is 25.9 Å². The van der Waals surface area contributed by atoms with Gasteiger partial charge in [0.15, 0.2) is 0 Å². The molecule has 108 valence electrons. The molecular formula is C14H21F2NO2. The molecule has 1 aromatic carbocycles. The number of aliphatic hydroxyl groups excluding tert-OH is 2. The standard InChI is InChI=1S/C14H21F2NO2/c1-2-4-17(6-7-18)5-3-14(19)11-8-12(15)10-13(16)9-11/h8-10,14,18-19H,2-7H2,1H3. The van der Waals surface area contributed by atoms with E-state index in [0.29, 0.717) is 19.5 Å². The lowest BCUT2D eigenvalue weighted by Crippen LogP contribution is -2.29. The van der Waals surface area contributed by atoms with Gasteiger partial charge in [-0.05, 0) is 37.1 Å². The summed E-state index contributed by atoms with van der Waals surface area (Å²) in [6, 6.07) is 3.07. The van der Waals surface area contributed by atoms with E-state index in [1.807, 2.05) is 11.8 Å². The number of nitrogens with zero attached hydrogens (tertiary/aromatic N) is 1. The Kier molecular flexibility index (Phi) is 6.91. The molecule has 0 saturated carbocycles. The average Bonchev–Trinajstić information content (AvgIpc) is 2.35. The molecule has 0 radical (unpaired) electrons. The molecule has 0 amide bonds. The number of hydrogen-bond donors (Lipinski definition) is 2. The highest BCUT2D eigenvalue weighted by Crippen LogP contribution is 2.19. The van der Waals surface area contributed by atoms with Gasteiger partial charge in [-0.3, -0.25) is 0 Å². The molecule has 0 fully saturated rings. The summed E-state index contributed by atoms with van der Waals surface area (Å²) in [5.74, 6) is -1.37. The first-order valence-electron chi connectivity index (χ1n) is 6.54. The van der Waals surface area contributed by atoms with Crippen LogP contribution in [0.15, 0.2) is 18.2 Å². The number of aliphatic hydroxyl groups is 2. The molecule has 3 nitrogen and oxygen atoms in total. The monoisotopic (exact) mass is 273 g/mol. The number of rotatable bonds is 8. The Morgan fingerprint density at radius 2 is 1.74 bits per heavy atom. The van der Waals surface area contributed by atoms with Gasteiger partial charge in [-0.15, -0.1) is 0 Å². The minimum atomic E-state index is -0.900. The second kappa shape index (κ2) is 8.19. The number of benzene rings is 1. The molecule has 0 aliphatic rings. The van der Waals surface area contributed by atoms with Crippen molar-refractivity contribution in [3.8, 4) is 0 Å². The topological polar surface area (TPSA) is 43.7 Å². The zero-order valence-electron chi connectivity index (χ0n) is 11.1. The Balaban J connectivity index is 2.55. The average molecular weight is 273 g/mol. The van der Waals surface area contributed by atoms with Gasteiger partial charge in [0, 0.05) is 19.2 Å². The van der Waals surface area contributed by atoms with Crippen LogP contribution in [0.25, 0.3) is 0 Å². The molecule has 0 heterocycles. The van der Waals surface area contributed by atoms with Crippen LogP contribution >= 0.6 is 0 Å². The van der Waals surface area contributed by atoms with Crippen LogP contribution < -0.4 is 0 Å². The summed E-state index contributed by atoms with van der Waals surface area (Å²) in [7, 11) is 0. The van der Waals surface area contributed by atoms with E-state index >= 15 is 0 Å². The fraction of sp³-hybridized carbons (Fsp3) is 0.571. The molecule has 5 heteroatoms. The molecule has 0 bridgehead atoms. The highest BCUT2D eigenvalue weighted by atomic mass is 19.1. The normalized spacial score (nSPS) is 12.9. The molecule has 0 saturated heterocycles. The molecule has 1 rings (SSSR count). The molecule has 1 atom stereocenters. The third-order valence-electron chi connectivity index (χ3n) is 2.94. The summed E-state index contributed by atoms with van der Waals surface area (Å²) in [6.07, 6.45) is 0.427. The predicted octanol–water partition coefficient (Wildman–Crippen LogP) is 2.09. The van der Waals surface area contributed by atoms with Gasteiger partial charge in [0.05, 0.1) is 12.7 Å². The lowest BCUT2D eigenvalue weighted by molar-refractivity contribution is 0.130. The summed E-state index contributed by atoms with van der Waals surface area (Å²) < 4.78 is 26.1. The van der Waals surface area contributed by atoms with E-state index in [0.717, 1.165) is 31.2 Å². The lowest BCUT2D eigenvalue weighted by Gasteiger charge is -2.22. The molecule has 0 aromatic heterocycles. The largest absolute Gasteiger partial charge is 0.395 e. The van der Waals surface area contributed by atoms with Crippen molar-refractivity contribution in [2.75, 3.05) is 26.2 Å². The van der Waals surface area contributed by atoms with E-state index < -0.39 is 17.7 Å². The fourth-order valence-corrected chi connectivity index (χ4v) is 2.03. The van der Waals surface area contributed by atoms with E-state index in [-0.39, 0.29) is 12.2 Å². The Hall–Kier alpha value is -1.04. The molecule has 0 spiro atoms. The molecular weight excluding hydrogens is 252 g/mol. The van der Waals surface area contributed by atoms with E-state index in [2.05, 4.69) is 0 Å². The van der Waals surface area contributed by atoms with Crippen molar-refractivity contribution in [2.24, 2.45) is 0 Å². The van der Waals surface area contributed by atoms with Gasteiger partial charge in [-0.1, -0.05) is 6.92 Å². The molecule has 19 heavy (non-hydrogen) atoms. The first kappa shape index (κ1) is 16.0. The Morgan fingerprint density at radius 1 is 1.11 bits per heavy atom. The second-order valence-corrected chi connectivity index (χ2v) is 4.57. The maximum Gasteiger partial charge on any atom is 0.126 e. The van der Waals surface area contributed by atoms with Crippen LogP contribution in [0.2, 0.25) is 0 Å². The zero-order valence-corrected chi connectivity index (χ0v) is 11.1. The van der Waals surface area contributed by atoms with Crippen molar-refractivity contribution in [1.29, 1.82) is 0 Å². The maximum atomic E-state index is 13.0.